The summed E-state index contributed by atoms with van der Waals surface area (Å²) >= 11 is 0. The number of benzene rings is 1. The fourth-order valence-electron chi connectivity index (χ4n) is 2.75. The van der Waals surface area contributed by atoms with Gasteiger partial charge in [0.05, 0.1) is 6.54 Å². The fraction of sp³-hybridized carbons (Fsp3) is 0.562. The third-order valence-corrected chi connectivity index (χ3v) is 3.91. The molecule has 5 heteroatoms. The Morgan fingerprint density at radius 1 is 1.38 bits per heavy atom. The van der Waals surface area contributed by atoms with E-state index in [-0.39, 0.29) is 5.91 Å². The number of amides is 1. The van der Waals surface area contributed by atoms with Gasteiger partial charge in [0, 0.05) is 12.6 Å². The number of para-hydroxylation sites is 1. The lowest BCUT2D eigenvalue weighted by Crippen LogP contribution is -2.47. The second kappa shape index (κ2) is 8.00. The molecule has 1 fully saturated rings. The van der Waals surface area contributed by atoms with Crippen molar-refractivity contribution >= 4 is 5.91 Å². The van der Waals surface area contributed by atoms with E-state index in [2.05, 4.69) is 10.2 Å². The quantitative estimate of drug-likeness (QED) is 0.784. The normalized spacial score (nSPS) is 16.1. The average Bonchev–Trinajstić information content (AvgIpc) is 2.49. The van der Waals surface area contributed by atoms with E-state index in [0.29, 0.717) is 19.2 Å². The standard InChI is InChI=1S/C16H25N3O2/c1-13-4-2-3-5-15(13)21-11-10-19(12-16(17)20)14-6-8-18-9-7-14/h2-5,14,18H,6-12H2,1H3,(H2,17,20). The Labute approximate surface area is 126 Å². The lowest BCUT2D eigenvalue weighted by atomic mass is 10.0. The summed E-state index contributed by atoms with van der Waals surface area (Å²) in [5.74, 6) is 0.631. The molecule has 0 spiro atoms. The Bertz CT molecular complexity index is 459. The molecule has 1 aromatic rings. The predicted octanol–water partition coefficient (Wildman–Crippen LogP) is 0.913. The van der Waals surface area contributed by atoms with Gasteiger partial charge < -0.3 is 15.8 Å². The molecule has 21 heavy (non-hydrogen) atoms. The van der Waals surface area contributed by atoms with Gasteiger partial charge in [0.25, 0.3) is 0 Å². The first-order valence-electron chi connectivity index (χ1n) is 7.58. The van der Waals surface area contributed by atoms with Crippen LogP contribution in [0, 0.1) is 6.92 Å². The topological polar surface area (TPSA) is 67.6 Å². The summed E-state index contributed by atoms with van der Waals surface area (Å²) in [5, 5.41) is 3.34. The van der Waals surface area contributed by atoms with Crippen LogP contribution in [0.1, 0.15) is 18.4 Å². The molecule has 0 bridgehead atoms. The molecule has 5 nitrogen and oxygen atoms in total. The van der Waals surface area contributed by atoms with Crippen LogP contribution in [0.4, 0.5) is 0 Å². The number of nitrogens with one attached hydrogen (secondary N) is 1. The molecule has 0 unspecified atom stereocenters. The molecule has 0 aliphatic carbocycles. The van der Waals surface area contributed by atoms with Crippen molar-refractivity contribution < 1.29 is 9.53 Å². The van der Waals surface area contributed by atoms with Gasteiger partial charge in [0.15, 0.2) is 0 Å². The van der Waals surface area contributed by atoms with E-state index in [0.717, 1.165) is 43.8 Å². The largest absolute Gasteiger partial charge is 0.492 e. The van der Waals surface area contributed by atoms with Gasteiger partial charge in [0.1, 0.15) is 12.4 Å². The maximum atomic E-state index is 11.3. The molecular formula is C16H25N3O2. The summed E-state index contributed by atoms with van der Waals surface area (Å²) in [6, 6.07) is 8.38. The van der Waals surface area contributed by atoms with Crippen molar-refractivity contribution in [1.29, 1.82) is 0 Å². The molecule has 116 valence electrons. The summed E-state index contributed by atoms with van der Waals surface area (Å²) in [7, 11) is 0. The van der Waals surface area contributed by atoms with E-state index in [1.807, 2.05) is 31.2 Å². The average molecular weight is 291 g/mol. The molecule has 1 amide bonds. The van der Waals surface area contributed by atoms with Crippen molar-refractivity contribution in [2.75, 3.05) is 32.8 Å². The molecule has 1 aromatic carbocycles. The second-order valence-electron chi connectivity index (χ2n) is 5.53. The number of hydrogen-bond acceptors (Lipinski definition) is 4. The smallest absolute Gasteiger partial charge is 0.231 e. The van der Waals surface area contributed by atoms with Crippen LogP contribution in [0.3, 0.4) is 0 Å². The molecule has 1 aliphatic rings. The Morgan fingerprint density at radius 2 is 2.10 bits per heavy atom. The van der Waals surface area contributed by atoms with E-state index in [9.17, 15) is 4.79 Å². The van der Waals surface area contributed by atoms with Crippen LogP contribution >= 0.6 is 0 Å². The highest BCUT2D eigenvalue weighted by Crippen LogP contribution is 2.17. The first-order chi connectivity index (χ1) is 10.2. The van der Waals surface area contributed by atoms with Crippen LogP contribution in [0.2, 0.25) is 0 Å². The summed E-state index contributed by atoms with van der Waals surface area (Å²) in [6.45, 7) is 5.63. The van der Waals surface area contributed by atoms with E-state index in [1.54, 1.807) is 0 Å². The van der Waals surface area contributed by atoms with Crippen LogP contribution in [0.5, 0.6) is 5.75 Å². The maximum Gasteiger partial charge on any atom is 0.231 e. The van der Waals surface area contributed by atoms with Gasteiger partial charge in [-0.25, -0.2) is 0 Å². The highest BCUT2D eigenvalue weighted by atomic mass is 16.5. The number of hydrogen-bond donors (Lipinski definition) is 2. The molecule has 1 aliphatic heterocycles. The van der Waals surface area contributed by atoms with Crippen molar-refractivity contribution in [3.8, 4) is 5.75 Å². The molecule has 0 saturated carbocycles. The zero-order valence-electron chi connectivity index (χ0n) is 12.7. The van der Waals surface area contributed by atoms with Crippen LogP contribution < -0.4 is 15.8 Å². The number of rotatable bonds is 7. The molecule has 0 aromatic heterocycles. The number of nitrogens with two attached hydrogens (primary N) is 1. The summed E-state index contributed by atoms with van der Waals surface area (Å²) in [4.78, 5) is 13.4. The lowest BCUT2D eigenvalue weighted by molar-refractivity contribution is -0.119. The van der Waals surface area contributed by atoms with Crippen LogP contribution in [-0.2, 0) is 4.79 Å². The maximum absolute atomic E-state index is 11.3. The van der Waals surface area contributed by atoms with E-state index in [1.165, 1.54) is 0 Å². The molecular weight excluding hydrogens is 266 g/mol. The molecule has 2 rings (SSSR count). The number of nitrogens with zero attached hydrogens (tertiary/aromatic N) is 1. The summed E-state index contributed by atoms with van der Waals surface area (Å²) in [6.07, 6.45) is 2.11. The minimum atomic E-state index is -0.274. The monoisotopic (exact) mass is 291 g/mol. The minimum absolute atomic E-state index is 0.274. The van der Waals surface area contributed by atoms with Gasteiger partial charge >= 0.3 is 0 Å². The van der Waals surface area contributed by atoms with Gasteiger partial charge in [0.2, 0.25) is 5.91 Å². The predicted molar refractivity (Wildman–Crippen MR) is 83.3 cm³/mol. The van der Waals surface area contributed by atoms with Gasteiger partial charge in [-0.1, -0.05) is 18.2 Å². The van der Waals surface area contributed by atoms with E-state index < -0.39 is 0 Å². The molecule has 3 N–H and O–H groups in total. The zero-order valence-corrected chi connectivity index (χ0v) is 12.7. The third-order valence-electron chi connectivity index (χ3n) is 3.91. The van der Waals surface area contributed by atoms with E-state index in [4.69, 9.17) is 10.5 Å². The van der Waals surface area contributed by atoms with Crippen LogP contribution in [0.15, 0.2) is 24.3 Å². The number of carbonyl (C=O) groups is 1. The van der Waals surface area contributed by atoms with Crippen molar-refractivity contribution in [2.45, 2.75) is 25.8 Å². The van der Waals surface area contributed by atoms with Crippen molar-refractivity contribution in [2.24, 2.45) is 5.73 Å². The highest BCUT2D eigenvalue weighted by Gasteiger charge is 2.22. The third kappa shape index (κ3) is 5.02. The first kappa shape index (κ1) is 15.8. The van der Waals surface area contributed by atoms with E-state index >= 15 is 0 Å². The molecule has 0 atom stereocenters. The van der Waals surface area contributed by atoms with Crippen LogP contribution in [0.25, 0.3) is 0 Å². The number of aryl methyl sites for hydroxylation is 1. The first-order valence-corrected chi connectivity index (χ1v) is 7.58. The molecule has 1 saturated heterocycles. The summed E-state index contributed by atoms with van der Waals surface area (Å²) < 4.78 is 5.83. The minimum Gasteiger partial charge on any atom is -0.492 e. The number of primary amides is 1. The van der Waals surface area contributed by atoms with Crippen molar-refractivity contribution in [3.05, 3.63) is 29.8 Å². The second-order valence-corrected chi connectivity index (χ2v) is 5.53. The Balaban J connectivity index is 1.86. The van der Waals surface area contributed by atoms with Gasteiger partial charge in [-0.15, -0.1) is 0 Å². The molecule has 0 radical (unpaired) electrons. The number of carbonyl (C=O) groups excluding carboxylic acids is 1. The Hall–Kier alpha value is -1.59. The number of piperidine rings is 1. The number of ether oxygens (including phenoxy) is 1. The van der Waals surface area contributed by atoms with Gasteiger partial charge in [-0.3, -0.25) is 9.69 Å². The van der Waals surface area contributed by atoms with Crippen LogP contribution in [-0.4, -0.2) is 49.6 Å². The SMILES string of the molecule is Cc1ccccc1OCCN(CC(N)=O)C1CCNCC1. The molecule has 1 heterocycles. The fourth-order valence-corrected chi connectivity index (χ4v) is 2.75. The van der Waals surface area contributed by atoms with Crippen molar-refractivity contribution in [3.63, 3.8) is 0 Å². The van der Waals surface area contributed by atoms with Gasteiger partial charge in [-0.05, 0) is 44.5 Å². The highest BCUT2D eigenvalue weighted by molar-refractivity contribution is 5.75. The van der Waals surface area contributed by atoms with Gasteiger partial charge in [-0.2, -0.15) is 0 Å². The Morgan fingerprint density at radius 3 is 2.76 bits per heavy atom. The summed E-state index contributed by atoms with van der Waals surface area (Å²) in [5.41, 5.74) is 6.50. The Kier molecular flexibility index (Phi) is 6.02. The van der Waals surface area contributed by atoms with Crippen molar-refractivity contribution in [1.82, 2.24) is 10.2 Å². The lowest BCUT2D eigenvalue weighted by Gasteiger charge is -2.33. The zero-order chi connectivity index (χ0) is 15.1.